The van der Waals surface area contributed by atoms with Crippen LogP contribution in [0.2, 0.25) is 10.0 Å². The first-order valence-electron chi connectivity index (χ1n) is 12.6. The molecule has 0 aliphatic carbocycles. The second kappa shape index (κ2) is 11.1. The molecule has 9 heteroatoms. The second-order valence-electron chi connectivity index (χ2n) is 9.59. The fraction of sp³-hybridized carbons (Fsp3) is 0.345. The van der Waals surface area contributed by atoms with E-state index in [-0.39, 0.29) is 18.9 Å². The number of pyridine rings is 1. The Balaban J connectivity index is 1.62. The minimum Gasteiger partial charge on any atom is -0.383 e. The number of imide groups is 1. The number of hydrogen-bond acceptors (Lipinski definition) is 6. The van der Waals surface area contributed by atoms with Crippen molar-refractivity contribution in [3.8, 4) is 11.1 Å². The topological polar surface area (TPSA) is 89.0 Å². The second-order valence-corrected chi connectivity index (χ2v) is 10.5. The zero-order valence-electron chi connectivity index (χ0n) is 20.9. The maximum atomic E-state index is 13.9. The number of carbonyl (C=O) groups excluding carboxylic acids is 2. The molecule has 2 aliphatic rings. The van der Waals surface area contributed by atoms with E-state index in [1.807, 2.05) is 18.2 Å². The molecule has 2 amide bonds. The Labute approximate surface area is 231 Å². The molecule has 38 heavy (non-hydrogen) atoms. The van der Waals surface area contributed by atoms with Gasteiger partial charge in [-0.2, -0.15) is 0 Å². The van der Waals surface area contributed by atoms with E-state index in [0.717, 1.165) is 29.7 Å². The lowest BCUT2D eigenvalue weighted by Gasteiger charge is -2.38. The molecule has 198 valence electrons. The first-order chi connectivity index (χ1) is 18.3. The average Bonchev–Trinajstić information content (AvgIpc) is 3.18. The summed E-state index contributed by atoms with van der Waals surface area (Å²) >= 11 is 12.2. The number of amides is 2. The molecule has 1 aromatic heterocycles. The summed E-state index contributed by atoms with van der Waals surface area (Å²) in [7, 11) is 1.45. The number of aromatic nitrogens is 1. The highest BCUT2D eigenvalue weighted by Crippen LogP contribution is 2.47. The summed E-state index contributed by atoms with van der Waals surface area (Å²) in [6, 6.07) is 16.0. The van der Waals surface area contributed by atoms with Crippen molar-refractivity contribution in [2.24, 2.45) is 0 Å². The van der Waals surface area contributed by atoms with Gasteiger partial charge in [0, 0.05) is 54.6 Å². The molecule has 3 atom stereocenters. The normalized spacial score (nSPS) is 21.8. The van der Waals surface area contributed by atoms with Gasteiger partial charge in [-0.3, -0.25) is 14.6 Å². The van der Waals surface area contributed by atoms with Crippen LogP contribution < -0.4 is 0 Å². The molecule has 1 fully saturated rings. The summed E-state index contributed by atoms with van der Waals surface area (Å²) in [5.74, 6) is -1.28. The highest BCUT2D eigenvalue weighted by Gasteiger charge is 2.56. The van der Waals surface area contributed by atoms with Gasteiger partial charge in [-0.15, -0.1) is 0 Å². The van der Waals surface area contributed by atoms with E-state index in [4.69, 9.17) is 32.7 Å². The molecule has 0 spiro atoms. The molecule has 5 rings (SSSR count). The molecule has 2 aliphatic heterocycles. The quantitative estimate of drug-likeness (QED) is 0.420. The third kappa shape index (κ3) is 4.97. The number of benzene rings is 2. The summed E-state index contributed by atoms with van der Waals surface area (Å²) in [5, 5.41) is 12.1. The average molecular weight is 555 g/mol. The molecule has 0 saturated carbocycles. The van der Waals surface area contributed by atoms with Crippen LogP contribution in [0.25, 0.3) is 11.1 Å². The van der Waals surface area contributed by atoms with Gasteiger partial charge in [-0.05, 0) is 60.7 Å². The largest absolute Gasteiger partial charge is 0.383 e. The minimum atomic E-state index is -1.56. The predicted octanol–water partition coefficient (Wildman–Crippen LogP) is 5.40. The van der Waals surface area contributed by atoms with Crippen molar-refractivity contribution in [1.29, 1.82) is 0 Å². The van der Waals surface area contributed by atoms with Gasteiger partial charge in [0.1, 0.15) is 6.10 Å². The van der Waals surface area contributed by atoms with E-state index in [1.165, 1.54) is 13.3 Å². The predicted molar refractivity (Wildman–Crippen MR) is 144 cm³/mol. The molecule has 0 radical (unpaired) electrons. The first-order valence-corrected chi connectivity index (χ1v) is 13.3. The maximum absolute atomic E-state index is 13.9. The maximum Gasteiger partial charge on any atom is 0.263 e. The fourth-order valence-electron chi connectivity index (χ4n) is 5.38. The number of halogens is 2. The van der Waals surface area contributed by atoms with Gasteiger partial charge < -0.3 is 14.6 Å². The standard InChI is InChI=1S/C29H28Cl2N2O5/c1-37-29(16-21-13-12-20(31)17-32-21)26-23(18-8-10-19(30)11-9-18)6-4-7-24(26)27(35)33(29)28(36)25(34)15-22-5-2-3-14-38-22/h4,6-13,17,22,25,34H,2-3,5,14-16H2,1H3/t22?,25?,29-/m1/s1. The first kappa shape index (κ1) is 26.8. The van der Waals surface area contributed by atoms with Crippen molar-refractivity contribution >= 4 is 35.0 Å². The Kier molecular flexibility index (Phi) is 7.84. The number of aliphatic hydroxyl groups is 1. The number of hydrogen-bond donors (Lipinski definition) is 1. The molecular weight excluding hydrogens is 527 g/mol. The van der Waals surface area contributed by atoms with Gasteiger partial charge in [-0.25, -0.2) is 4.90 Å². The Hall–Kier alpha value is -2.81. The number of nitrogens with zero attached hydrogens (tertiary/aromatic N) is 2. The Morgan fingerprint density at radius 1 is 1.13 bits per heavy atom. The fourth-order valence-corrected chi connectivity index (χ4v) is 5.62. The smallest absolute Gasteiger partial charge is 0.263 e. The number of fused-ring (bicyclic) bond motifs is 1. The van der Waals surface area contributed by atoms with E-state index in [1.54, 1.807) is 36.4 Å². The van der Waals surface area contributed by atoms with Crippen LogP contribution in [0, 0.1) is 0 Å². The molecule has 7 nitrogen and oxygen atoms in total. The molecule has 3 aromatic rings. The zero-order valence-corrected chi connectivity index (χ0v) is 22.4. The van der Waals surface area contributed by atoms with Crippen LogP contribution in [0.4, 0.5) is 0 Å². The third-order valence-corrected chi connectivity index (χ3v) is 7.69. The van der Waals surface area contributed by atoms with E-state index >= 15 is 0 Å². The summed E-state index contributed by atoms with van der Waals surface area (Å²) in [6.07, 6.45) is 2.65. The van der Waals surface area contributed by atoms with Gasteiger partial charge >= 0.3 is 0 Å². The summed E-state index contributed by atoms with van der Waals surface area (Å²) in [6.45, 7) is 0.592. The molecular formula is C29H28Cl2N2O5. The van der Waals surface area contributed by atoms with E-state index in [0.29, 0.717) is 39.0 Å². The Morgan fingerprint density at radius 3 is 2.53 bits per heavy atom. The van der Waals surface area contributed by atoms with Crippen LogP contribution in [-0.2, 0) is 26.4 Å². The summed E-state index contributed by atoms with van der Waals surface area (Å²) < 4.78 is 11.9. The van der Waals surface area contributed by atoms with E-state index in [2.05, 4.69) is 4.98 Å². The van der Waals surface area contributed by atoms with Crippen LogP contribution in [0.5, 0.6) is 0 Å². The molecule has 2 unspecified atom stereocenters. The molecule has 1 saturated heterocycles. The molecule has 2 aromatic carbocycles. The molecule has 1 N–H and O–H groups in total. The Bertz CT molecular complexity index is 1330. The van der Waals surface area contributed by atoms with Crippen LogP contribution in [0.1, 0.15) is 47.3 Å². The lowest BCUT2D eigenvalue weighted by molar-refractivity contribution is -0.168. The van der Waals surface area contributed by atoms with Gasteiger partial charge in [0.15, 0.2) is 5.72 Å². The van der Waals surface area contributed by atoms with Gasteiger partial charge in [0.05, 0.1) is 11.1 Å². The van der Waals surface area contributed by atoms with Crippen LogP contribution >= 0.6 is 23.2 Å². The number of carbonyl (C=O) groups is 2. The van der Waals surface area contributed by atoms with Crippen molar-refractivity contribution < 1.29 is 24.2 Å². The third-order valence-electron chi connectivity index (χ3n) is 7.22. The minimum absolute atomic E-state index is 0.0579. The molecule has 0 bridgehead atoms. The van der Waals surface area contributed by atoms with Gasteiger partial charge in [0.25, 0.3) is 11.8 Å². The van der Waals surface area contributed by atoms with Crippen molar-refractivity contribution in [1.82, 2.24) is 9.88 Å². The highest BCUT2D eigenvalue weighted by molar-refractivity contribution is 6.30. The van der Waals surface area contributed by atoms with Crippen LogP contribution in [0.3, 0.4) is 0 Å². The number of methoxy groups -OCH3 is 1. The number of rotatable bonds is 7. The van der Waals surface area contributed by atoms with Crippen molar-refractivity contribution in [3.63, 3.8) is 0 Å². The van der Waals surface area contributed by atoms with Crippen LogP contribution in [-0.4, -0.2) is 52.7 Å². The van der Waals surface area contributed by atoms with Gasteiger partial charge in [0.2, 0.25) is 0 Å². The van der Waals surface area contributed by atoms with E-state index < -0.39 is 23.6 Å². The van der Waals surface area contributed by atoms with Crippen molar-refractivity contribution in [2.75, 3.05) is 13.7 Å². The van der Waals surface area contributed by atoms with Crippen LogP contribution in [0.15, 0.2) is 60.8 Å². The van der Waals surface area contributed by atoms with Crippen molar-refractivity contribution in [2.45, 2.75) is 50.0 Å². The van der Waals surface area contributed by atoms with Gasteiger partial charge in [-0.1, -0.05) is 47.5 Å². The lowest BCUT2D eigenvalue weighted by Crippen LogP contribution is -2.54. The molecule has 3 heterocycles. The highest BCUT2D eigenvalue weighted by atomic mass is 35.5. The van der Waals surface area contributed by atoms with Crippen molar-refractivity contribution in [3.05, 3.63) is 87.7 Å². The zero-order chi connectivity index (χ0) is 26.9. The monoisotopic (exact) mass is 554 g/mol. The SMILES string of the molecule is CO[C@]1(Cc2ccc(Cl)cn2)c2c(cccc2-c2ccc(Cl)cc2)C(=O)N1C(=O)C(O)CC1CCCCO1. The summed E-state index contributed by atoms with van der Waals surface area (Å²) in [4.78, 5) is 33.3. The number of ether oxygens (including phenoxy) is 2. The van der Waals surface area contributed by atoms with E-state index in [9.17, 15) is 14.7 Å². The lowest BCUT2D eigenvalue weighted by atomic mass is 9.88. The summed E-state index contributed by atoms with van der Waals surface area (Å²) in [5.41, 5.74) is 1.36. The number of aliphatic hydroxyl groups excluding tert-OH is 1. The Morgan fingerprint density at radius 2 is 1.87 bits per heavy atom.